The lowest BCUT2D eigenvalue weighted by atomic mass is 9.80. The van der Waals surface area contributed by atoms with Crippen molar-refractivity contribution in [2.45, 2.75) is 36.8 Å². The molecule has 0 saturated heterocycles. The summed E-state index contributed by atoms with van der Waals surface area (Å²) in [7, 11) is 0. The molecule has 128 valence electrons. The van der Waals surface area contributed by atoms with Gasteiger partial charge in [0.25, 0.3) is 5.91 Å². The number of rotatable bonds is 3. The van der Waals surface area contributed by atoms with Gasteiger partial charge >= 0.3 is 0 Å². The van der Waals surface area contributed by atoms with Gasteiger partial charge in [0.2, 0.25) is 5.13 Å². The smallest absolute Gasteiger partial charge is 0.257 e. The summed E-state index contributed by atoms with van der Waals surface area (Å²) in [4.78, 5) is 12.1. The van der Waals surface area contributed by atoms with Gasteiger partial charge in [0.05, 0.1) is 12.2 Å². The van der Waals surface area contributed by atoms with Crippen molar-refractivity contribution in [3.05, 3.63) is 40.9 Å². The molecule has 1 aliphatic carbocycles. The number of hydrogen-bond donors (Lipinski definition) is 5. The van der Waals surface area contributed by atoms with Crippen LogP contribution < -0.4 is 5.32 Å². The molecule has 2 aromatic rings. The summed E-state index contributed by atoms with van der Waals surface area (Å²) in [5.41, 5.74) is -1.15. The van der Waals surface area contributed by atoms with Crippen molar-refractivity contribution in [1.82, 2.24) is 10.2 Å². The first-order chi connectivity index (χ1) is 11.4. The summed E-state index contributed by atoms with van der Waals surface area (Å²) < 4.78 is 0. The predicted molar refractivity (Wildman–Crippen MR) is 85.5 cm³/mol. The molecule has 8 nitrogen and oxygen atoms in total. The van der Waals surface area contributed by atoms with Crippen LogP contribution in [0.25, 0.3) is 0 Å². The Kier molecular flexibility index (Phi) is 4.61. The fourth-order valence-corrected chi connectivity index (χ4v) is 3.52. The molecule has 1 fully saturated rings. The lowest BCUT2D eigenvalue weighted by molar-refractivity contribution is -0.158. The van der Waals surface area contributed by atoms with E-state index in [2.05, 4.69) is 15.5 Å². The van der Waals surface area contributed by atoms with Gasteiger partial charge in [-0.1, -0.05) is 29.5 Å². The third-order valence-electron chi connectivity index (χ3n) is 3.96. The highest BCUT2D eigenvalue weighted by Gasteiger charge is 2.46. The minimum atomic E-state index is -1.61. The lowest BCUT2D eigenvalue weighted by Gasteiger charge is -2.38. The molecule has 1 heterocycles. The van der Waals surface area contributed by atoms with Gasteiger partial charge in [-0.3, -0.25) is 10.1 Å². The Hall–Kier alpha value is -1.91. The molecule has 1 aromatic carbocycles. The molecule has 1 saturated carbocycles. The van der Waals surface area contributed by atoms with Crippen LogP contribution in [-0.2, 0) is 5.60 Å². The number of amides is 1. The molecular weight excluding hydrogens is 334 g/mol. The lowest BCUT2D eigenvalue weighted by Crippen LogP contribution is -2.51. The van der Waals surface area contributed by atoms with E-state index in [1.807, 2.05) is 0 Å². The molecule has 1 aliphatic rings. The van der Waals surface area contributed by atoms with Crippen LogP contribution >= 0.6 is 11.3 Å². The second-order valence-corrected chi connectivity index (χ2v) is 6.78. The van der Waals surface area contributed by atoms with E-state index in [-0.39, 0.29) is 28.9 Å². The predicted octanol–water partition coefficient (Wildman–Crippen LogP) is -0.146. The highest BCUT2D eigenvalue weighted by molar-refractivity contribution is 7.15. The molecule has 9 heteroatoms. The summed E-state index contributed by atoms with van der Waals surface area (Å²) in [6, 6.07) is 8.57. The Morgan fingerprint density at radius 2 is 1.75 bits per heavy atom. The van der Waals surface area contributed by atoms with E-state index in [1.54, 1.807) is 30.3 Å². The number of aliphatic hydroxyl groups excluding tert-OH is 3. The zero-order chi connectivity index (χ0) is 17.3. The number of benzene rings is 1. The molecule has 1 aromatic heterocycles. The number of nitrogens with one attached hydrogen (secondary N) is 1. The highest BCUT2D eigenvalue weighted by Crippen LogP contribution is 2.39. The van der Waals surface area contributed by atoms with E-state index in [1.165, 1.54) is 0 Å². The third-order valence-corrected chi connectivity index (χ3v) is 4.99. The van der Waals surface area contributed by atoms with Crippen LogP contribution in [0, 0.1) is 0 Å². The van der Waals surface area contributed by atoms with Gasteiger partial charge in [0.15, 0.2) is 5.01 Å². The number of carbonyl (C=O) groups is 1. The second-order valence-electron chi connectivity index (χ2n) is 5.80. The quantitative estimate of drug-likeness (QED) is 0.519. The monoisotopic (exact) mass is 351 g/mol. The molecule has 5 N–H and O–H groups in total. The average molecular weight is 351 g/mol. The normalized spacial score (nSPS) is 30.1. The van der Waals surface area contributed by atoms with Crippen molar-refractivity contribution < 1.29 is 25.2 Å². The molecule has 1 amide bonds. The molecule has 24 heavy (non-hydrogen) atoms. The van der Waals surface area contributed by atoms with Crippen LogP contribution in [0.1, 0.15) is 28.2 Å². The van der Waals surface area contributed by atoms with Gasteiger partial charge in [-0.2, -0.15) is 0 Å². The number of hydrogen-bond acceptors (Lipinski definition) is 8. The van der Waals surface area contributed by atoms with Crippen LogP contribution in [0.5, 0.6) is 0 Å². The Balaban J connectivity index is 1.75. The third kappa shape index (κ3) is 3.30. The topological polar surface area (TPSA) is 136 Å². The molecular formula is C15H17N3O5S. The van der Waals surface area contributed by atoms with Crippen LogP contribution in [0.3, 0.4) is 0 Å². The first kappa shape index (κ1) is 16.9. The summed E-state index contributed by atoms with van der Waals surface area (Å²) in [5, 5.41) is 50.4. The summed E-state index contributed by atoms with van der Waals surface area (Å²) >= 11 is 0.959. The second kappa shape index (κ2) is 6.54. The van der Waals surface area contributed by atoms with Crippen molar-refractivity contribution in [3.63, 3.8) is 0 Å². The molecule has 0 spiro atoms. The number of nitrogens with zero attached hydrogens (tertiary/aromatic N) is 2. The van der Waals surface area contributed by atoms with Crippen LogP contribution in [0.4, 0.5) is 5.13 Å². The number of anilines is 1. The Morgan fingerprint density at radius 1 is 1.12 bits per heavy atom. The zero-order valence-electron chi connectivity index (χ0n) is 12.5. The SMILES string of the molecule is O=C(Nc1nnc(C2(O)CC(O)C(O)C(O)C2)s1)c1ccccc1. The van der Waals surface area contributed by atoms with E-state index >= 15 is 0 Å². The van der Waals surface area contributed by atoms with Crippen molar-refractivity contribution in [1.29, 1.82) is 0 Å². The maximum atomic E-state index is 12.1. The largest absolute Gasteiger partial charge is 0.390 e. The average Bonchev–Trinajstić information content (AvgIpc) is 3.03. The minimum Gasteiger partial charge on any atom is -0.390 e. The van der Waals surface area contributed by atoms with Crippen molar-refractivity contribution in [2.24, 2.45) is 0 Å². The van der Waals surface area contributed by atoms with Crippen LogP contribution in [-0.4, -0.2) is 54.8 Å². The van der Waals surface area contributed by atoms with E-state index in [9.17, 15) is 25.2 Å². The highest BCUT2D eigenvalue weighted by atomic mass is 32.1. The van der Waals surface area contributed by atoms with Gasteiger partial charge in [0.1, 0.15) is 11.7 Å². The molecule has 3 rings (SSSR count). The fraction of sp³-hybridized carbons (Fsp3) is 0.400. The number of aliphatic hydroxyl groups is 4. The van der Waals surface area contributed by atoms with Crippen molar-refractivity contribution in [3.8, 4) is 0 Å². The van der Waals surface area contributed by atoms with Gasteiger partial charge in [0, 0.05) is 18.4 Å². The molecule has 2 unspecified atom stereocenters. The minimum absolute atomic E-state index is 0.163. The summed E-state index contributed by atoms with van der Waals surface area (Å²) in [6.07, 6.45) is -4.20. The van der Waals surface area contributed by atoms with Gasteiger partial charge in [-0.05, 0) is 12.1 Å². The zero-order valence-corrected chi connectivity index (χ0v) is 13.3. The van der Waals surface area contributed by atoms with Gasteiger partial charge in [-0.15, -0.1) is 10.2 Å². The molecule has 0 aliphatic heterocycles. The maximum absolute atomic E-state index is 12.1. The summed E-state index contributed by atoms with van der Waals surface area (Å²) in [5.74, 6) is -0.357. The Morgan fingerprint density at radius 3 is 2.38 bits per heavy atom. The van der Waals surface area contributed by atoms with E-state index in [4.69, 9.17) is 0 Å². The molecule has 0 radical (unpaired) electrons. The fourth-order valence-electron chi connectivity index (χ4n) is 2.67. The Labute approximate surface area is 141 Å². The van der Waals surface area contributed by atoms with Crippen molar-refractivity contribution >= 4 is 22.4 Å². The van der Waals surface area contributed by atoms with Gasteiger partial charge < -0.3 is 20.4 Å². The standard InChI is InChI=1S/C15H17N3O5S/c19-9-6-15(23,7-10(20)11(9)21)13-17-18-14(24-13)16-12(22)8-4-2-1-3-5-8/h1-5,9-11,19-21,23H,6-7H2,(H,16,18,22). The summed E-state index contributed by atoms with van der Waals surface area (Å²) in [6.45, 7) is 0. The van der Waals surface area contributed by atoms with E-state index in [0.29, 0.717) is 5.56 Å². The molecule has 0 bridgehead atoms. The van der Waals surface area contributed by atoms with Crippen LogP contribution in [0.2, 0.25) is 0 Å². The van der Waals surface area contributed by atoms with E-state index in [0.717, 1.165) is 11.3 Å². The van der Waals surface area contributed by atoms with E-state index < -0.39 is 23.9 Å². The maximum Gasteiger partial charge on any atom is 0.257 e. The van der Waals surface area contributed by atoms with Crippen molar-refractivity contribution in [2.75, 3.05) is 5.32 Å². The first-order valence-electron chi connectivity index (χ1n) is 7.36. The molecule has 2 atom stereocenters. The Bertz CT molecular complexity index is 711. The first-order valence-corrected chi connectivity index (χ1v) is 8.18. The van der Waals surface area contributed by atoms with Gasteiger partial charge in [-0.25, -0.2) is 0 Å². The number of carbonyl (C=O) groups excluding carboxylic acids is 1. The number of aromatic nitrogens is 2. The van der Waals surface area contributed by atoms with Crippen LogP contribution in [0.15, 0.2) is 30.3 Å².